The average Bonchev–Trinajstić information content (AvgIpc) is 1.91. The summed E-state index contributed by atoms with van der Waals surface area (Å²) in [5.74, 6) is 0. The van der Waals surface area contributed by atoms with Crippen LogP contribution in [0.1, 0.15) is 27.7 Å². The lowest BCUT2D eigenvalue weighted by Crippen LogP contribution is -1.57. The molecule has 0 unspecified atom stereocenters. The Morgan fingerprint density at radius 1 is 1.38 bits per heavy atom. The van der Waals surface area contributed by atoms with E-state index in [2.05, 4.69) is 6.58 Å². The second-order valence-corrected chi connectivity index (χ2v) is 1.24. The molecule has 0 aliphatic rings. The van der Waals surface area contributed by atoms with Gasteiger partial charge in [-0.05, 0) is 13.8 Å². The van der Waals surface area contributed by atoms with Crippen LogP contribution in [0.5, 0.6) is 0 Å². The molecule has 0 amide bonds. The lowest BCUT2D eigenvalue weighted by Gasteiger charge is -1.78. The molecule has 0 aliphatic carbocycles. The van der Waals surface area contributed by atoms with Crippen molar-refractivity contribution in [3.8, 4) is 0 Å². The molecule has 0 radical (unpaired) electrons. The summed E-state index contributed by atoms with van der Waals surface area (Å²) in [7, 11) is 0. The Balaban J connectivity index is 0. The molecule has 0 aromatic heterocycles. The fourth-order valence-corrected chi connectivity index (χ4v) is 0.118. The predicted molar refractivity (Wildman–Crippen MR) is 41.0 cm³/mol. The molecular weight excluding hydrogens is 96.1 g/mol. The average molecular weight is 112 g/mol. The van der Waals surface area contributed by atoms with Gasteiger partial charge in [0.15, 0.2) is 0 Å². The van der Waals surface area contributed by atoms with Crippen molar-refractivity contribution < 1.29 is 0 Å². The minimum Gasteiger partial charge on any atom is -0.0988 e. The highest BCUT2D eigenvalue weighted by Gasteiger charge is 1.66. The molecule has 0 aromatic rings. The Morgan fingerprint density at radius 2 is 1.75 bits per heavy atom. The number of rotatable bonds is 1. The molecule has 0 aromatic carbocycles. The van der Waals surface area contributed by atoms with Gasteiger partial charge < -0.3 is 0 Å². The molecule has 0 saturated heterocycles. The van der Waals surface area contributed by atoms with Crippen LogP contribution in [0.15, 0.2) is 24.3 Å². The van der Waals surface area contributed by atoms with E-state index in [0.717, 1.165) is 0 Å². The Morgan fingerprint density at radius 3 is 1.75 bits per heavy atom. The summed E-state index contributed by atoms with van der Waals surface area (Å²) >= 11 is 0. The normalized spacial score (nSPS) is 9.25. The van der Waals surface area contributed by atoms with Gasteiger partial charge in [0.25, 0.3) is 0 Å². The van der Waals surface area contributed by atoms with E-state index in [1.807, 2.05) is 39.8 Å². The van der Waals surface area contributed by atoms with Gasteiger partial charge in [-0.15, -0.1) is 0 Å². The first kappa shape index (κ1) is 10.5. The number of allylic oxidation sites excluding steroid dienone is 3. The van der Waals surface area contributed by atoms with E-state index in [1.54, 1.807) is 0 Å². The zero-order valence-electron chi connectivity index (χ0n) is 6.36. The summed E-state index contributed by atoms with van der Waals surface area (Å²) in [6, 6.07) is 0. The second kappa shape index (κ2) is 9.70. The van der Waals surface area contributed by atoms with Crippen LogP contribution in [0.25, 0.3) is 0 Å². The maximum absolute atomic E-state index is 3.56. The van der Waals surface area contributed by atoms with E-state index in [-0.39, 0.29) is 0 Å². The van der Waals surface area contributed by atoms with Gasteiger partial charge in [-0.2, -0.15) is 0 Å². The van der Waals surface area contributed by atoms with Gasteiger partial charge in [0.1, 0.15) is 0 Å². The quantitative estimate of drug-likeness (QED) is 0.457. The predicted octanol–water partition coefficient (Wildman–Crippen LogP) is 3.16. The minimum atomic E-state index is 1.23. The highest BCUT2D eigenvalue weighted by molar-refractivity contribution is 5.10. The van der Waals surface area contributed by atoms with Crippen molar-refractivity contribution in [3.63, 3.8) is 0 Å². The highest BCUT2D eigenvalue weighted by Crippen LogP contribution is 1.88. The van der Waals surface area contributed by atoms with Crippen molar-refractivity contribution in [2.45, 2.75) is 27.7 Å². The van der Waals surface area contributed by atoms with Gasteiger partial charge in [-0.25, -0.2) is 0 Å². The van der Waals surface area contributed by atoms with E-state index in [4.69, 9.17) is 0 Å². The molecule has 48 valence electrons. The topological polar surface area (TPSA) is 0 Å². The summed E-state index contributed by atoms with van der Waals surface area (Å²) < 4.78 is 0. The maximum Gasteiger partial charge on any atom is -0.0401 e. The van der Waals surface area contributed by atoms with Crippen molar-refractivity contribution in [2.75, 3.05) is 0 Å². The molecule has 0 heterocycles. The Bertz CT molecular complexity index is 68.1. The number of hydrogen-bond donors (Lipinski definition) is 0. The third-order valence-electron chi connectivity index (χ3n) is 0.777. The third-order valence-corrected chi connectivity index (χ3v) is 0.777. The lowest BCUT2D eigenvalue weighted by atomic mass is 10.3. The van der Waals surface area contributed by atoms with Gasteiger partial charge in [-0.3, -0.25) is 0 Å². The van der Waals surface area contributed by atoms with Gasteiger partial charge >= 0.3 is 0 Å². The molecule has 0 atom stereocenters. The van der Waals surface area contributed by atoms with Crippen molar-refractivity contribution >= 4 is 0 Å². The van der Waals surface area contributed by atoms with Crippen LogP contribution >= 0.6 is 0 Å². The fourth-order valence-electron chi connectivity index (χ4n) is 0.118. The summed E-state index contributed by atoms with van der Waals surface area (Å²) in [6.45, 7) is 11.6. The smallest absolute Gasteiger partial charge is 0.0401 e. The van der Waals surface area contributed by atoms with Crippen LogP contribution in [-0.4, -0.2) is 0 Å². The van der Waals surface area contributed by atoms with Gasteiger partial charge in [0.2, 0.25) is 0 Å². The molecule has 0 bridgehead atoms. The molecule has 0 spiro atoms. The van der Waals surface area contributed by atoms with Crippen molar-refractivity contribution in [1.29, 1.82) is 0 Å². The first-order valence-corrected chi connectivity index (χ1v) is 3.06. The van der Waals surface area contributed by atoms with Gasteiger partial charge in [-0.1, -0.05) is 38.2 Å². The van der Waals surface area contributed by atoms with Crippen LogP contribution in [-0.2, 0) is 0 Å². The Labute approximate surface area is 52.9 Å². The minimum absolute atomic E-state index is 1.23. The van der Waals surface area contributed by atoms with E-state index in [1.165, 1.54) is 5.57 Å². The van der Waals surface area contributed by atoms with E-state index < -0.39 is 0 Å². The zero-order chi connectivity index (χ0) is 6.99. The maximum atomic E-state index is 3.56. The summed E-state index contributed by atoms with van der Waals surface area (Å²) in [6.07, 6.45) is 3.85. The monoisotopic (exact) mass is 112 g/mol. The van der Waals surface area contributed by atoms with E-state index >= 15 is 0 Å². The second-order valence-electron chi connectivity index (χ2n) is 1.24. The first-order valence-electron chi connectivity index (χ1n) is 3.06. The summed E-state index contributed by atoms with van der Waals surface area (Å²) in [5, 5.41) is 0. The summed E-state index contributed by atoms with van der Waals surface area (Å²) in [4.78, 5) is 0. The SMILES string of the molecule is C=C/C(C)=C\C.CC. The van der Waals surface area contributed by atoms with E-state index in [0.29, 0.717) is 0 Å². The van der Waals surface area contributed by atoms with Crippen LogP contribution in [0, 0.1) is 0 Å². The first-order chi connectivity index (χ1) is 3.81. The molecule has 0 rings (SSSR count). The van der Waals surface area contributed by atoms with Crippen molar-refractivity contribution in [1.82, 2.24) is 0 Å². The molecule has 0 saturated carbocycles. The van der Waals surface area contributed by atoms with Crippen molar-refractivity contribution in [2.24, 2.45) is 0 Å². The molecule has 0 N–H and O–H groups in total. The molecule has 0 aliphatic heterocycles. The summed E-state index contributed by atoms with van der Waals surface area (Å²) in [5.41, 5.74) is 1.23. The van der Waals surface area contributed by atoms with Crippen LogP contribution in [0.4, 0.5) is 0 Å². The highest BCUT2D eigenvalue weighted by atomic mass is 13.7. The van der Waals surface area contributed by atoms with Crippen LogP contribution in [0.3, 0.4) is 0 Å². The fraction of sp³-hybridized carbons (Fsp3) is 0.500. The zero-order valence-corrected chi connectivity index (χ0v) is 6.36. The van der Waals surface area contributed by atoms with Crippen molar-refractivity contribution in [3.05, 3.63) is 24.3 Å². The number of hydrogen-bond acceptors (Lipinski definition) is 0. The molecule has 0 nitrogen and oxygen atoms in total. The van der Waals surface area contributed by atoms with Gasteiger partial charge in [0, 0.05) is 0 Å². The molecule has 8 heavy (non-hydrogen) atoms. The van der Waals surface area contributed by atoms with Crippen LogP contribution < -0.4 is 0 Å². The van der Waals surface area contributed by atoms with Gasteiger partial charge in [0.05, 0.1) is 0 Å². The van der Waals surface area contributed by atoms with Crippen LogP contribution in [0.2, 0.25) is 0 Å². The Hall–Kier alpha value is -0.520. The molecule has 0 fully saturated rings. The third kappa shape index (κ3) is 9.08. The molecular formula is C8H16. The Kier molecular flexibility index (Phi) is 12.7. The standard InChI is InChI=1S/C6H10.C2H6/c1-4-6(3)5-2;1-2/h4-5H,1H2,2-3H3;1-2H3/b6-5-;. The van der Waals surface area contributed by atoms with E-state index in [9.17, 15) is 0 Å². The lowest BCUT2D eigenvalue weighted by molar-refractivity contribution is 1.49. The molecule has 0 heteroatoms. The largest absolute Gasteiger partial charge is 0.0988 e.